The van der Waals surface area contributed by atoms with Gasteiger partial charge in [0.1, 0.15) is 23.8 Å². The molecule has 6 atom stereocenters. The summed E-state index contributed by atoms with van der Waals surface area (Å²) < 4.78 is 35.5. The number of hydrogen-bond donors (Lipinski definition) is 2. The van der Waals surface area contributed by atoms with E-state index in [4.69, 9.17) is 33.4 Å². The van der Waals surface area contributed by atoms with E-state index in [1.807, 2.05) is 32.1 Å². The molecule has 2 fully saturated rings. The van der Waals surface area contributed by atoms with Crippen molar-refractivity contribution < 1.29 is 47.9 Å². The fourth-order valence-corrected chi connectivity index (χ4v) is 7.15. The first-order valence-corrected chi connectivity index (χ1v) is 18.7. The highest BCUT2D eigenvalue weighted by atomic mass is 16.6. The Labute approximate surface area is 312 Å². The predicted molar refractivity (Wildman–Crippen MR) is 198 cm³/mol. The predicted octanol–water partition coefficient (Wildman–Crippen LogP) is 5.50. The molecule has 4 aliphatic rings. The van der Waals surface area contributed by atoms with Gasteiger partial charge in [-0.1, -0.05) is 39.3 Å². The van der Waals surface area contributed by atoms with E-state index in [2.05, 4.69) is 31.8 Å². The third-order valence-electron chi connectivity index (χ3n) is 10.3. The molecular formula is C41H56N2O10. The van der Waals surface area contributed by atoms with Gasteiger partial charge in [-0.15, -0.1) is 0 Å². The molecule has 2 N–H and O–H groups in total. The van der Waals surface area contributed by atoms with Crippen LogP contribution in [-0.2, 0) is 49.2 Å². The van der Waals surface area contributed by atoms with Gasteiger partial charge in [-0.3, -0.25) is 4.79 Å². The van der Waals surface area contributed by atoms with Crippen LogP contribution in [0.25, 0.3) is 0 Å². The van der Waals surface area contributed by atoms with Gasteiger partial charge in [0.05, 0.1) is 19.3 Å². The Morgan fingerprint density at radius 2 is 1.91 bits per heavy atom. The lowest BCUT2D eigenvalue weighted by Crippen LogP contribution is -2.43. The smallest absolute Gasteiger partial charge is 0.334 e. The summed E-state index contributed by atoms with van der Waals surface area (Å²) in [5.74, 6) is -1.39. The first-order valence-electron chi connectivity index (χ1n) is 18.7. The van der Waals surface area contributed by atoms with E-state index >= 15 is 0 Å². The molecule has 5 heterocycles. The summed E-state index contributed by atoms with van der Waals surface area (Å²) in [7, 11) is 1.71. The Hall–Kier alpha value is -4.00. The quantitative estimate of drug-likeness (QED) is 0.136. The zero-order valence-electron chi connectivity index (χ0n) is 32.4. The molecule has 0 radical (unpaired) electrons. The SMILES string of the molecule is COCCC/C(C)=C1\COC(CC(C)C)\C1=C/C1N=C2OC1COC(=O)C(CC(C)C)=CC(=O)OC1C(OC(=O)C1(C)CO)C(C)=CCc1ccc2[nH]1. The number of carbonyl (C=O) groups is 3. The molecule has 12 nitrogen and oxygen atoms in total. The Balaban J connectivity index is 1.54. The van der Waals surface area contributed by atoms with Gasteiger partial charge in [0.2, 0.25) is 5.90 Å². The van der Waals surface area contributed by atoms with Crippen LogP contribution < -0.4 is 0 Å². The van der Waals surface area contributed by atoms with E-state index < -0.39 is 54.3 Å². The summed E-state index contributed by atoms with van der Waals surface area (Å²) in [4.78, 5) is 48.5. The average molecular weight is 737 g/mol. The number of nitrogens with zero attached hydrogens (tertiary/aromatic N) is 1. The van der Waals surface area contributed by atoms with E-state index in [1.165, 1.54) is 12.5 Å². The van der Waals surface area contributed by atoms with Crippen molar-refractivity contribution in [3.8, 4) is 0 Å². The number of esters is 3. The summed E-state index contributed by atoms with van der Waals surface area (Å²) >= 11 is 0. The molecule has 53 heavy (non-hydrogen) atoms. The third-order valence-corrected chi connectivity index (χ3v) is 10.3. The van der Waals surface area contributed by atoms with Crippen molar-refractivity contribution in [2.75, 3.05) is 33.5 Å². The van der Waals surface area contributed by atoms with Crippen LogP contribution in [0.5, 0.6) is 0 Å². The van der Waals surface area contributed by atoms with Crippen molar-refractivity contribution in [1.29, 1.82) is 0 Å². The van der Waals surface area contributed by atoms with Gasteiger partial charge in [-0.2, -0.15) is 0 Å². The Morgan fingerprint density at radius 1 is 1.13 bits per heavy atom. The van der Waals surface area contributed by atoms with Crippen LogP contribution in [0.1, 0.15) is 85.5 Å². The fourth-order valence-electron chi connectivity index (χ4n) is 7.15. The summed E-state index contributed by atoms with van der Waals surface area (Å²) in [6, 6.07) is 3.32. The van der Waals surface area contributed by atoms with Crippen LogP contribution in [0.15, 0.2) is 63.2 Å². The van der Waals surface area contributed by atoms with Crippen molar-refractivity contribution in [1.82, 2.24) is 4.98 Å². The topological polar surface area (TPSA) is 155 Å². The van der Waals surface area contributed by atoms with E-state index in [1.54, 1.807) is 14.0 Å². The molecule has 0 amide bonds. The molecule has 6 unspecified atom stereocenters. The van der Waals surface area contributed by atoms with Gasteiger partial charge in [0.25, 0.3) is 0 Å². The molecule has 0 aromatic carbocycles. The zero-order chi connectivity index (χ0) is 38.4. The minimum absolute atomic E-state index is 0.00583. The molecule has 1 aromatic heterocycles. The van der Waals surface area contributed by atoms with Gasteiger partial charge in [-0.25, -0.2) is 14.6 Å². The Bertz CT molecular complexity index is 1680. The molecule has 12 heteroatoms. The number of rotatable bonds is 10. The molecule has 4 bridgehead atoms. The average Bonchev–Trinajstić information content (AvgIpc) is 3.89. The Kier molecular flexibility index (Phi) is 13.2. The molecule has 5 rings (SSSR count). The summed E-state index contributed by atoms with van der Waals surface area (Å²) in [6.07, 6.45) is 5.63. The van der Waals surface area contributed by atoms with E-state index in [-0.39, 0.29) is 30.6 Å². The maximum absolute atomic E-state index is 13.7. The number of aromatic amines is 1. The van der Waals surface area contributed by atoms with Crippen molar-refractivity contribution in [2.24, 2.45) is 22.2 Å². The highest BCUT2D eigenvalue weighted by Crippen LogP contribution is 2.40. The molecule has 290 valence electrons. The summed E-state index contributed by atoms with van der Waals surface area (Å²) in [5.41, 5.74) is 4.28. The van der Waals surface area contributed by atoms with Crippen LogP contribution in [0.4, 0.5) is 0 Å². The number of aromatic nitrogens is 1. The maximum atomic E-state index is 13.7. The number of methoxy groups -OCH3 is 1. The van der Waals surface area contributed by atoms with Crippen molar-refractivity contribution in [3.05, 3.63) is 69.6 Å². The number of ether oxygens (including phenoxy) is 6. The minimum atomic E-state index is -1.49. The van der Waals surface area contributed by atoms with Gasteiger partial charge in [-0.05, 0) is 93.2 Å². The number of aliphatic hydroxyl groups excluding tert-OH is 1. The van der Waals surface area contributed by atoms with Crippen LogP contribution in [0, 0.1) is 17.3 Å². The standard InChI is InChI=1S/C41H56N2O10/c1-23(2)16-27-18-35(45)52-37-36(53-40(47)41(37,7)22-44)26(6)11-12-28-13-14-31(42-28)38-43-32(34(51-38)21-50-39(27)46)19-29-30(25(5)10-9-15-48-8)20-49-33(29)17-24(3)4/h11,13-14,18-19,23-24,32-34,36-37,42,44H,9-10,12,15-17,20-22H2,1-8H3/b26-11?,27-18?,29-19-,30-25+. The van der Waals surface area contributed by atoms with Crippen LogP contribution >= 0.6 is 0 Å². The highest BCUT2D eigenvalue weighted by molar-refractivity contribution is 5.97. The highest BCUT2D eigenvalue weighted by Gasteiger charge is 2.57. The fraction of sp³-hybridized carbons (Fsp3) is 0.610. The molecule has 0 saturated carbocycles. The van der Waals surface area contributed by atoms with E-state index in [9.17, 15) is 19.5 Å². The van der Waals surface area contributed by atoms with Crippen molar-refractivity contribution in [3.63, 3.8) is 0 Å². The minimum Gasteiger partial charge on any atom is -0.467 e. The second-order valence-corrected chi connectivity index (χ2v) is 15.7. The molecule has 2 saturated heterocycles. The number of aliphatic imine (C=N–C) groups is 1. The maximum Gasteiger partial charge on any atom is 0.334 e. The first kappa shape index (κ1) is 40.2. The van der Waals surface area contributed by atoms with Crippen LogP contribution in [0.2, 0.25) is 0 Å². The number of H-pyrrole nitrogens is 1. The summed E-state index contributed by atoms with van der Waals surface area (Å²) in [5, 5.41) is 10.2. The normalized spacial score (nSPS) is 29.9. The van der Waals surface area contributed by atoms with Crippen LogP contribution in [0.3, 0.4) is 0 Å². The second-order valence-electron chi connectivity index (χ2n) is 15.7. The molecule has 1 aromatic rings. The monoisotopic (exact) mass is 736 g/mol. The number of fused-ring (bicyclic) bond motifs is 6. The van der Waals surface area contributed by atoms with Crippen molar-refractivity contribution in [2.45, 2.75) is 111 Å². The van der Waals surface area contributed by atoms with Gasteiger partial charge in [0.15, 0.2) is 18.3 Å². The van der Waals surface area contributed by atoms with Gasteiger partial charge < -0.3 is 38.5 Å². The number of allylic oxidation sites excluding steroid dienone is 2. The lowest BCUT2D eigenvalue weighted by Gasteiger charge is -2.27. The van der Waals surface area contributed by atoms with E-state index in [0.717, 1.165) is 42.2 Å². The number of aliphatic hydroxyl groups is 1. The summed E-state index contributed by atoms with van der Waals surface area (Å²) in [6.45, 7) is 14.1. The van der Waals surface area contributed by atoms with Gasteiger partial charge in [0, 0.05) is 37.5 Å². The number of cyclic esters (lactones) is 1. The second kappa shape index (κ2) is 17.4. The first-order chi connectivity index (χ1) is 25.2. The lowest BCUT2D eigenvalue weighted by molar-refractivity contribution is -0.153. The number of hydrogen-bond acceptors (Lipinski definition) is 11. The third kappa shape index (κ3) is 9.39. The van der Waals surface area contributed by atoms with Crippen LogP contribution in [-0.4, -0.2) is 97.9 Å². The molecule has 0 aliphatic carbocycles. The van der Waals surface area contributed by atoms with Crippen molar-refractivity contribution >= 4 is 23.8 Å². The number of nitrogens with one attached hydrogen (secondary N) is 1. The molecule has 4 aliphatic heterocycles. The van der Waals surface area contributed by atoms with E-state index in [0.29, 0.717) is 42.7 Å². The van der Waals surface area contributed by atoms with Gasteiger partial charge >= 0.3 is 17.9 Å². The largest absolute Gasteiger partial charge is 0.467 e. The molecule has 0 spiro atoms. The molecular weight excluding hydrogens is 680 g/mol. The Morgan fingerprint density at radius 3 is 2.60 bits per heavy atom. The lowest BCUT2D eigenvalue weighted by atomic mass is 9.83. The number of carbonyl (C=O) groups excluding carboxylic acids is 3. The zero-order valence-corrected chi connectivity index (χ0v) is 32.4.